The standard InChI is InChI=1S/C16H21N5O5/c1-16(2,3)26-15(25)17-11(8-13(23)24)9-21-19-14(18-20-21)10-5-4-6-12(22)7-10/h4-7,11,22H,8-9H2,1-3H3,(H,17,25)(H,23,24)/t11-/m1/s1. The van der Waals surface area contributed by atoms with Gasteiger partial charge in [-0.2, -0.15) is 4.80 Å². The summed E-state index contributed by atoms with van der Waals surface area (Å²) in [7, 11) is 0. The SMILES string of the molecule is CC(C)(C)OC(=O)N[C@H](CC(=O)O)Cn1nnc(-c2cccc(O)c2)n1. The summed E-state index contributed by atoms with van der Waals surface area (Å²) in [5, 5.41) is 32.9. The molecule has 2 aromatic rings. The molecule has 1 heterocycles. The van der Waals surface area contributed by atoms with Crippen LogP contribution in [0.4, 0.5) is 4.79 Å². The average Bonchev–Trinajstić information content (AvgIpc) is 2.92. The molecule has 1 atom stereocenters. The van der Waals surface area contributed by atoms with E-state index >= 15 is 0 Å². The Balaban J connectivity index is 2.08. The lowest BCUT2D eigenvalue weighted by Crippen LogP contribution is -2.42. The smallest absolute Gasteiger partial charge is 0.407 e. The van der Waals surface area contributed by atoms with Gasteiger partial charge in [0.05, 0.1) is 19.0 Å². The number of alkyl carbamates (subject to hydrolysis) is 1. The first-order chi connectivity index (χ1) is 12.1. The van der Waals surface area contributed by atoms with Gasteiger partial charge in [-0.1, -0.05) is 12.1 Å². The number of carbonyl (C=O) groups is 2. The second kappa shape index (κ2) is 7.81. The predicted molar refractivity (Wildman–Crippen MR) is 90.3 cm³/mol. The summed E-state index contributed by atoms with van der Waals surface area (Å²) in [4.78, 5) is 24.1. The molecule has 0 aliphatic rings. The van der Waals surface area contributed by atoms with E-state index in [1.165, 1.54) is 16.9 Å². The van der Waals surface area contributed by atoms with Crippen LogP contribution in [-0.2, 0) is 16.1 Å². The van der Waals surface area contributed by atoms with Crippen LogP contribution >= 0.6 is 0 Å². The Hall–Kier alpha value is -3.17. The molecule has 0 aliphatic heterocycles. The fraction of sp³-hybridized carbons (Fsp3) is 0.438. The zero-order valence-corrected chi connectivity index (χ0v) is 14.7. The molecule has 0 bridgehead atoms. The van der Waals surface area contributed by atoms with Crippen LogP contribution in [0.3, 0.4) is 0 Å². The molecule has 0 saturated heterocycles. The van der Waals surface area contributed by atoms with Gasteiger partial charge in [0.15, 0.2) is 0 Å². The molecule has 0 saturated carbocycles. The fourth-order valence-corrected chi connectivity index (χ4v) is 2.12. The minimum atomic E-state index is -1.08. The van der Waals surface area contributed by atoms with Crippen molar-refractivity contribution in [2.24, 2.45) is 0 Å². The third-order valence-corrected chi connectivity index (χ3v) is 3.08. The number of phenolic OH excluding ortho intramolecular Hbond substituents is 1. The second-order valence-electron chi connectivity index (χ2n) is 6.66. The summed E-state index contributed by atoms with van der Waals surface area (Å²) in [6, 6.07) is 5.56. The maximum Gasteiger partial charge on any atom is 0.407 e. The number of hydrogen-bond donors (Lipinski definition) is 3. The molecule has 140 valence electrons. The molecule has 2 rings (SSSR count). The molecule has 0 spiro atoms. The van der Waals surface area contributed by atoms with Gasteiger partial charge in [-0.3, -0.25) is 4.79 Å². The number of carboxylic acid groups (broad SMARTS) is 1. The van der Waals surface area contributed by atoms with E-state index in [1.54, 1.807) is 32.9 Å². The lowest BCUT2D eigenvalue weighted by molar-refractivity contribution is -0.137. The van der Waals surface area contributed by atoms with Gasteiger partial charge in [0.1, 0.15) is 11.4 Å². The number of nitrogens with one attached hydrogen (secondary N) is 1. The number of phenols is 1. The topological polar surface area (TPSA) is 139 Å². The van der Waals surface area contributed by atoms with Gasteiger partial charge in [0.25, 0.3) is 0 Å². The van der Waals surface area contributed by atoms with Crippen LogP contribution in [0.1, 0.15) is 27.2 Å². The molecular weight excluding hydrogens is 342 g/mol. The molecule has 1 amide bonds. The van der Waals surface area contributed by atoms with Gasteiger partial charge in [0, 0.05) is 5.56 Å². The van der Waals surface area contributed by atoms with E-state index in [4.69, 9.17) is 9.84 Å². The highest BCUT2D eigenvalue weighted by Gasteiger charge is 2.22. The van der Waals surface area contributed by atoms with Crippen LogP contribution < -0.4 is 5.32 Å². The molecule has 0 unspecified atom stereocenters. The largest absolute Gasteiger partial charge is 0.508 e. The van der Waals surface area contributed by atoms with Crippen molar-refractivity contribution in [2.45, 2.75) is 45.4 Å². The van der Waals surface area contributed by atoms with E-state index in [1.807, 2.05) is 0 Å². The number of benzene rings is 1. The Morgan fingerprint density at radius 2 is 2.08 bits per heavy atom. The summed E-state index contributed by atoms with van der Waals surface area (Å²) in [5.74, 6) is -0.749. The maximum atomic E-state index is 11.9. The third kappa shape index (κ3) is 6.04. The van der Waals surface area contributed by atoms with Gasteiger partial charge in [-0.05, 0) is 38.1 Å². The lowest BCUT2D eigenvalue weighted by Gasteiger charge is -2.22. The fourth-order valence-electron chi connectivity index (χ4n) is 2.12. The van der Waals surface area contributed by atoms with E-state index in [2.05, 4.69) is 20.7 Å². The number of aromatic nitrogens is 4. The molecule has 1 aromatic carbocycles. The number of ether oxygens (including phenoxy) is 1. The number of tetrazole rings is 1. The summed E-state index contributed by atoms with van der Waals surface area (Å²) in [5.41, 5.74) is -0.141. The van der Waals surface area contributed by atoms with Crippen molar-refractivity contribution in [3.8, 4) is 17.1 Å². The van der Waals surface area contributed by atoms with Crippen molar-refractivity contribution in [1.29, 1.82) is 0 Å². The highest BCUT2D eigenvalue weighted by Crippen LogP contribution is 2.18. The third-order valence-electron chi connectivity index (χ3n) is 3.08. The number of rotatable bonds is 6. The van der Waals surface area contributed by atoms with Crippen LogP contribution in [0.2, 0.25) is 0 Å². The number of hydrogen-bond acceptors (Lipinski definition) is 7. The molecule has 1 aromatic heterocycles. The van der Waals surface area contributed by atoms with Gasteiger partial charge in [-0.15, -0.1) is 10.2 Å². The number of aromatic hydroxyl groups is 1. The Labute approximate surface area is 149 Å². The summed E-state index contributed by atoms with van der Waals surface area (Å²) in [6.07, 6.45) is -1.06. The van der Waals surface area contributed by atoms with Crippen molar-refractivity contribution in [3.05, 3.63) is 24.3 Å². The number of carbonyl (C=O) groups excluding carboxylic acids is 1. The molecule has 10 nitrogen and oxygen atoms in total. The number of amides is 1. The van der Waals surface area contributed by atoms with E-state index in [0.29, 0.717) is 5.56 Å². The van der Waals surface area contributed by atoms with Crippen LogP contribution in [-0.4, -0.2) is 54.1 Å². The summed E-state index contributed by atoms with van der Waals surface area (Å²) >= 11 is 0. The van der Waals surface area contributed by atoms with Crippen LogP contribution in [0.5, 0.6) is 5.75 Å². The monoisotopic (exact) mass is 363 g/mol. The normalized spacial score (nSPS) is 12.4. The summed E-state index contributed by atoms with van der Waals surface area (Å²) < 4.78 is 5.14. The van der Waals surface area contributed by atoms with Crippen LogP contribution in [0.25, 0.3) is 11.4 Å². The van der Waals surface area contributed by atoms with Crippen molar-refractivity contribution in [3.63, 3.8) is 0 Å². The average molecular weight is 363 g/mol. The van der Waals surface area contributed by atoms with E-state index in [0.717, 1.165) is 0 Å². The Morgan fingerprint density at radius 3 is 2.69 bits per heavy atom. The van der Waals surface area contributed by atoms with Crippen LogP contribution in [0, 0.1) is 0 Å². The van der Waals surface area contributed by atoms with Crippen molar-refractivity contribution in [2.75, 3.05) is 0 Å². The Kier molecular flexibility index (Phi) is 5.75. The number of carboxylic acids is 1. The van der Waals surface area contributed by atoms with Gasteiger partial charge in [0.2, 0.25) is 5.82 Å². The lowest BCUT2D eigenvalue weighted by atomic mass is 10.2. The molecule has 10 heteroatoms. The number of aliphatic carboxylic acids is 1. The zero-order chi connectivity index (χ0) is 19.3. The molecular formula is C16H21N5O5. The first-order valence-electron chi connectivity index (χ1n) is 7.91. The van der Waals surface area contributed by atoms with Gasteiger partial charge >= 0.3 is 12.1 Å². The highest BCUT2D eigenvalue weighted by molar-refractivity contribution is 5.71. The zero-order valence-electron chi connectivity index (χ0n) is 14.7. The molecule has 0 fully saturated rings. The quantitative estimate of drug-likeness (QED) is 0.700. The Bertz CT molecular complexity index is 783. The molecule has 3 N–H and O–H groups in total. The van der Waals surface area contributed by atoms with Crippen LogP contribution in [0.15, 0.2) is 24.3 Å². The first kappa shape index (κ1) is 19.2. The predicted octanol–water partition coefficient (Wildman–Crippen LogP) is 1.41. The number of nitrogens with zero attached hydrogens (tertiary/aromatic N) is 4. The van der Waals surface area contributed by atoms with E-state index in [-0.39, 0.29) is 24.5 Å². The maximum absolute atomic E-state index is 11.9. The Morgan fingerprint density at radius 1 is 1.35 bits per heavy atom. The van der Waals surface area contributed by atoms with Gasteiger partial charge in [-0.25, -0.2) is 4.79 Å². The van der Waals surface area contributed by atoms with E-state index < -0.39 is 23.7 Å². The van der Waals surface area contributed by atoms with Gasteiger partial charge < -0.3 is 20.3 Å². The van der Waals surface area contributed by atoms with Crippen molar-refractivity contribution >= 4 is 12.1 Å². The molecule has 0 aliphatic carbocycles. The molecule has 26 heavy (non-hydrogen) atoms. The minimum absolute atomic E-state index is 0.00262. The minimum Gasteiger partial charge on any atom is -0.508 e. The van der Waals surface area contributed by atoms with E-state index in [9.17, 15) is 14.7 Å². The van der Waals surface area contributed by atoms with Crippen molar-refractivity contribution in [1.82, 2.24) is 25.5 Å². The highest BCUT2D eigenvalue weighted by atomic mass is 16.6. The summed E-state index contributed by atoms with van der Waals surface area (Å²) in [6.45, 7) is 5.12. The molecule has 0 radical (unpaired) electrons. The van der Waals surface area contributed by atoms with Crippen molar-refractivity contribution < 1.29 is 24.5 Å². The first-order valence-corrected chi connectivity index (χ1v) is 7.91. The second-order valence-corrected chi connectivity index (χ2v) is 6.66.